The van der Waals surface area contributed by atoms with Gasteiger partial charge in [0, 0.05) is 52.4 Å². The van der Waals surface area contributed by atoms with Crippen LogP contribution < -0.4 is 0 Å². The molecule has 8 heteroatoms. The number of carbonyl (C=O) groups excluding carboxylic acids is 2. The van der Waals surface area contributed by atoms with Crippen LogP contribution in [-0.2, 0) is 0 Å². The van der Waals surface area contributed by atoms with Crippen molar-refractivity contribution in [2.75, 3.05) is 66.5 Å². The second kappa shape index (κ2) is 6.76. The van der Waals surface area contributed by atoms with E-state index in [0.29, 0.717) is 26.2 Å². The van der Waals surface area contributed by atoms with Crippen molar-refractivity contribution >= 4 is 12.1 Å². The molecule has 0 aromatic carbocycles. The van der Waals surface area contributed by atoms with Crippen LogP contribution >= 0.6 is 0 Å². The number of rotatable bonds is 0. The average molecular weight is 282 g/mol. The number of piperazine rings is 2. The van der Waals surface area contributed by atoms with E-state index in [0.717, 1.165) is 26.2 Å². The predicted molar refractivity (Wildman–Crippen MR) is 73.8 cm³/mol. The molecule has 2 fully saturated rings. The van der Waals surface area contributed by atoms with Crippen molar-refractivity contribution in [3.8, 4) is 0 Å². The molecule has 2 aliphatic heterocycles. The van der Waals surface area contributed by atoms with Crippen LogP contribution in [-0.4, -0.2) is 98.1 Å². The van der Waals surface area contributed by atoms with Crippen molar-refractivity contribution in [3.63, 3.8) is 0 Å². The molecule has 0 aliphatic carbocycles. The Kier molecular flexibility index (Phi) is 5.02. The van der Waals surface area contributed by atoms with Crippen LogP contribution in [0.2, 0.25) is 0 Å². The lowest BCUT2D eigenvalue weighted by molar-refractivity contribution is 0.154. The maximum atomic E-state index is 11.8. The third kappa shape index (κ3) is 3.97. The fourth-order valence-electron chi connectivity index (χ4n) is 2.21. The molecule has 2 aliphatic rings. The van der Waals surface area contributed by atoms with E-state index in [1.54, 1.807) is 9.80 Å². The number of urea groups is 2. The summed E-state index contributed by atoms with van der Waals surface area (Å²) in [4.78, 5) is 31.2. The number of azo groups is 1. The van der Waals surface area contributed by atoms with Crippen molar-refractivity contribution in [2.45, 2.75) is 0 Å². The van der Waals surface area contributed by atoms with E-state index in [9.17, 15) is 9.59 Å². The molecule has 20 heavy (non-hydrogen) atoms. The minimum atomic E-state index is -0.416. The van der Waals surface area contributed by atoms with Crippen LogP contribution in [0.4, 0.5) is 9.59 Å². The predicted octanol–water partition coefficient (Wildman–Crippen LogP) is 0.173. The summed E-state index contributed by atoms with van der Waals surface area (Å²) in [5.74, 6) is 0. The van der Waals surface area contributed by atoms with Gasteiger partial charge in [-0.05, 0) is 14.1 Å². The molecular formula is C12H22N6O2. The highest BCUT2D eigenvalue weighted by Crippen LogP contribution is 2.04. The highest BCUT2D eigenvalue weighted by Gasteiger charge is 2.21. The second-order valence-electron chi connectivity index (χ2n) is 5.35. The summed E-state index contributed by atoms with van der Waals surface area (Å²) < 4.78 is 0. The Morgan fingerprint density at radius 3 is 1.25 bits per heavy atom. The zero-order valence-electron chi connectivity index (χ0n) is 12.2. The Balaban J connectivity index is 1.79. The second-order valence-corrected chi connectivity index (χ2v) is 5.35. The molecule has 0 bridgehead atoms. The van der Waals surface area contributed by atoms with Gasteiger partial charge in [0.25, 0.3) is 0 Å². The fraction of sp³-hybridized carbons (Fsp3) is 0.833. The monoisotopic (exact) mass is 282 g/mol. The summed E-state index contributed by atoms with van der Waals surface area (Å²) in [6.45, 7) is 5.85. The Bertz CT molecular complexity index is 347. The van der Waals surface area contributed by atoms with E-state index in [1.807, 2.05) is 14.1 Å². The van der Waals surface area contributed by atoms with Gasteiger partial charge in [-0.2, -0.15) is 0 Å². The van der Waals surface area contributed by atoms with Gasteiger partial charge in [0.15, 0.2) is 0 Å². The van der Waals surface area contributed by atoms with Crippen LogP contribution in [0.15, 0.2) is 10.2 Å². The number of carbonyl (C=O) groups is 2. The Labute approximate surface area is 119 Å². The third-order valence-electron chi connectivity index (χ3n) is 3.77. The summed E-state index contributed by atoms with van der Waals surface area (Å²) in [5.41, 5.74) is 0. The quantitative estimate of drug-likeness (QED) is 0.594. The van der Waals surface area contributed by atoms with Gasteiger partial charge >= 0.3 is 12.1 Å². The van der Waals surface area contributed by atoms with E-state index >= 15 is 0 Å². The molecule has 0 radical (unpaired) electrons. The SMILES string of the molecule is CN1CCN(C(=O)N=NC(=O)N2CCN(C)CC2)CC1. The third-order valence-corrected chi connectivity index (χ3v) is 3.77. The van der Waals surface area contributed by atoms with Gasteiger partial charge in [0.05, 0.1) is 0 Å². The van der Waals surface area contributed by atoms with Gasteiger partial charge in [0.1, 0.15) is 0 Å². The largest absolute Gasteiger partial charge is 0.362 e. The standard InChI is InChI=1S/C12H22N6O2/c1-15-3-7-17(8-4-15)11(19)13-14-12(20)18-9-5-16(2)6-10-18/h3-10H2,1-2H3. The molecule has 0 unspecified atom stereocenters. The number of hydrogen-bond donors (Lipinski definition) is 0. The molecule has 0 spiro atoms. The maximum absolute atomic E-state index is 11.8. The highest BCUT2D eigenvalue weighted by molar-refractivity contribution is 5.79. The van der Waals surface area contributed by atoms with Crippen molar-refractivity contribution < 1.29 is 9.59 Å². The number of amides is 4. The van der Waals surface area contributed by atoms with Crippen molar-refractivity contribution in [2.24, 2.45) is 10.2 Å². The van der Waals surface area contributed by atoms with Gasteiger partial charge in [0.2, 0.25) is 0 Å². The van der Waals surface area contributed by atoms with Crippen LogP contribution in [0.1, 0.15) is 0 Å². The van der Waals surface area contributed by atoms with Gasteiger partial charge in [-0.25, -0.2) is 9.59 Å². The van der Waals surface area contributed by atoms with E-state index in [1.165, 1.54) is 0 Å². The molecule has 2 rings (SSSR count). The molecular weight excluding hydrogens is 260 g/mol. The Hall–Kier alpha value is -1.54. The molecule has 0 saturated carbocycles. The molecule has 0 N–H and O–H groups in total. The first-order valence-electron chi connectivity index (χ1n) is 6.93. The highest BCUT2D eigenvalue weighted by atomic mass is 16.2. The van der Waals surface area contributed by atoms with Crippen LogP contribution in [0.25, 0.3) is 0 Å². The Morgan fingerprint density at radius 2 is 0.950 bits per heavy atom. The average Bonchev–Trinajstić information content (AvgIpc) is 2.46. The van der Waals surface area contributed by atoms with Crippen LogP contribution in [0.5, 0.6) is 0 Å². The van der Waals surface area contributed by atoms with Crippen molar-refractivity contribution in [3.05, 3.63) is 0 Å². The summed E-state index contributed by atoms with van der Waals surface area (Å²) in [6, 6.07) is -0.832. The molecule has 8 nitrogen and oxygen atoms in total. The van der Waals surface area contributed by atoms with Gasteiger partial charge in [-0.3, -0.25) is 0 Å². The van der Waals surface area contributed by atoms with Crippen molar-refractivity contribution in [1.82, 2.24) is 19.6 Å². The minimum absolute atomic E-state index is 0.416. The molecule has 0 atom stereocenters. The maximum Gasteiger partial charge on any atom is 0.362 e. The van der Waals surface area contributed by atoms with Crippen LogP contribution in [0.3, 0.4) is 0 Å². The lowest BCUT2D eigenvalue weighted by Crippen LogP contribution is -2.47. The molecule has 0 aromatic rings. The molecule has 2 saturated heterocycles. The molecule has 0 aromatic heterocycles. The van der Waals surface area contributed by atoms with Gasteiger partial charge in [-0.1, -0.05) is 10.2 Å². The zero-order valence-corrected chi connectivity index (χ0v) is 12.2. The fourth-order valence-corrected chi connectivity index (χ4v) is 2.21. The van der Waals surface area contributed by atoms with E-state index in [-0.39, 0.29) is 0 Å². The lowest BCUT2D eigenvalue weighted by Gasteiger charge is -2.31. The zero-order chi connectivity index (χ0) is 14.5. The lowest BCUT2D eigenvalue weighted by atomic mass is 10.3. The molecule has 2 heterocycles. The summed E-state index contributed by atoms with van der Waals surface area (Å²) in [6.07, 6.45) is 0. The first-order valence-corrected chi connectivity index (χ1v) is 6.93. The van der Waals surface area contributed by atoms with Crippen molar-refractivity contribution in [1.29, 1.82) is 0 Å². The first-order chi connectivity index (χ1) is 9.56. The normalized spacial score (nSPS) is 22.5. The topological polar surface area (TPSA) is 71.8 Å². The van der Waals surface area contributed by atoms with Gasteiger partial charge < -0.3 is 19.6 Å². The molecule has 4 amide bonds. The number of nitrogens with zero attached hydrogens (tertiary/aromatic N) is 6. The Morgan fingerprint density at radius 1 is 0.650 bits per heavy atom. The summed E-state index contributed by atoms with van der Waals surface area (Å²) in [5, 5.41) is 7.11. The number of hydrogen-bond acceptors (Lipinski definition) is 4. The minimum Gasteiger partial charge on any atom is -0.319 e. The van der Waals surface area contributed by atoms with Crippen LogP contribution in [0, 0.1) is 0 Å². The first kappa shape index (κ1) is 14.9. The van der Waals surface area contributed by atoms with E-state index in [4.69, 9.17) is 0 Å². The molecule has 112 valence electrons. The van der Waals surface area contributed by atoms with Gasteiger partial charge in [-0.15, -0.1) is 0 Å². The van der Waals surface area contributed by atoms with E-state index in [2.05, 4.69) is 20.0 Å². The smallest absolute Gasteiger partial charge is 0.319 e. The summed E-state index contributed by atoms with van der Waals surface area (Å²) >= 11 is 0. The van der Waals surface area contributed by atoms with E-state index < -0.39 is 12.1 Å². The number of likely N-dealkylation sites (N-methyl/N-ethyl adjacent to an activating group) is 2. The summed E-state index contributed by atoms with van der Waals surface area (Å²) in [7, 11) is 4.03.